The van der Waals surface area contributed by atoms with E-state index in [0.717, 1.165) is 0 Å². The molecule has 9 heteroatoms. The molecular weight excluding hydrogens is 226 g/mol. The van der Waals surface area contributed by atoms with Crippen molar-refractivity contribution in [3.63, 3.8) is 0 Å². The predicted molar refractivity (Wildman–Crippen MR) is 52.0 cm³/mol. The molecule has 0 bridgehead atoms. The summed E-state index contributed by atoms with van der Waals surface area (Å²) < 4.78 is 0.108. The fourth-order valence-electron chi connectivity index (χ4n) is 0.668. The predicted octanol–water partition coefficient (Wildman–Crippen LogP) is -2.50. The Labute approximate surface area is 87.3 Å². The highest BCUT2D eigenvalue weighted by atomic mass is 32.1. The molecule has 1 heterocycles. The molecule has 8 nitrogen and oxygen atoms in total. The second-order valence-corrected chi connectivity index (χ2v) is 3.34. The van der Waals surface area contributed by atoms with Crippen molar-refractivity contribution in [1.29, 1.82) is 0 Å². The van der Waals surface area contributed by atoms with Gasteiger partial charge in [-0.25, -0.2) is 19.2 Å². The number of rotatable bonds is 2. The Balaban J connectivity index is 3.18. The number of nitrogens with zero attached hydrogens (tertiary/aromatic N) is 1. The van der Waals surface area contributed by atoms with Crippen LogP contribution in [-0.4, -0.2) is 25.9 Å². The summed E-state index contributed by atoms with van der Waals surface area (Å²) in [6.07, 6.45) is 0. The molecule has 0 aliphatic heterocycles. The second-order valence-electron chi connectivity index (χ2n) is 2.57. The lowest BCUT2D eigenvalue weighted by Gasteiger charge is -2.04. The quantitative estimate of drug-likeness (QED) is 0.488. The minimum absolute atomic E-state index is 0.108. The number of H-pyrrole nitrogens is 2. The first-order valence-corrected chi connectivity index (χ1v) is 4.29. The Bertz CT molecular complexity index is 504. The van der Waals surface area contributed by atoms with Gasteiger partial charge in [-0.3, -0.25) is 9.97 Å². The van der Waals surface area contributed by atoms with Gasteiger partial charge in [-0.15, -0.1) is 0 Å². The maximum atomic E-state index is 11.0. The van der Waals surface area contributed by atoms with Gasteiger partial charge in [-0.05, 0) is 6.92 Å². The smallest absolute Gasteiger partial charge is 0.326 e. The number of thiol groups is 1. The van der Waals surface area contributed by atoms with E-state index in [2.05, 4.69) is 17.5 Å². The number of hydrogen-bond acceptors (Lipinski definition) is 6. The number of aromatic amines is 2. The molecule has 1 aromatic heterocycles. The Hall–Kier alpha value is -1.77. The summed E-state index contributed by atoms with van der Waals surface area (Å²) in [6, 6.07) is 0. The summed E-state index contributed by atoms with van der Waals surface area (Å²) in [5, 5.41) is -0.803. The van der Waals surface area contributed by atoms with Gasteiger partial charge in [-0.2, -0.15) is 12.6 Å². The molecule has 2 N–H and O–H groups in total. The molecule has 0 aliphatic carbocycles. The lowest BCUT2D eigenvalue weighted by Crippen LogP contribution is -2.48. The minimum Gasteiger partial charge on any atom is -0.326 e. The van der Waals surface area contributed by atoms with Crippen LogP contribution in [0.5, 0.6) is 0 Å². The van der Waals surface area contributed by atoms with Crippen LogP contribution in [0.3, 0.4) is 0 Å². The molecule has 0 aromatic carbocycles. The zero-order valence-corrected chi connectivity index (χ0v) is 8.41. The zero-order chi connectivity index (χ0) is 11.6. The maximum absolute atomic E-state index is 11.0. The van der Waals surface area contributed by atoms with E-state index in [4.69, 9.17) is 0 Å². The van der Waals surface area contributed by atoms with E-state index in [9.17, 15) is 19.2 Å². The number of carbonyl (C=O) groups is 1. The van der Waals surface area contributed by atoms with E-state index in [1.165, 1.54) is 6.92 Å². The zero-order valence-electron chi connectivity index (χ0n) is 7.51. The molecule has 1 atom stereocenters. The molecule has 0 amide bonds. The second kappa shape index (κ2) is 4.17. The van der Waals surface area contributed by atoms with Crippen molar-refractivity contribution < 1.29 is 9.63 Å². The fraction of sp³-hybridized carbons (Fsp3) is 0.333. The van der Waals surface area contributed by atoms with Crippen LogP contribution in [0, 0.1) is 0 Å². The van der Waals surface area contributed by atoms with Crippen molar-refractivity contribution in [2.24, 2.45) is 0 Å². The molecule has 0 spiro atoms. The van der Waals surface area contributed by atoms with Gasteiger partial charge >= 0.3 is 23.0 Å². The van der Waals surface area contributed by atoms with Gasteiger partial charge in [0.25, 0.3) is 0 Å². The van der Waals surface area contributed by atoms with Crippen LogP contribution < -0.4 is 21.9 Å². The third-order valence-electron chi connectivity index (χ3n) is 1.33. The summed E-state index contributed by atoms with van der Waals surface area (Å²) in [7, 11) is 0. The van der Waals surface area contributed by atoms with E-state index in [1.54, 1.807) is 9.97 Å². The molecule has 15 heavy (non-hydrogen) atoms. The van der Waals surface area contributed by atoms with Crippen molar-refractivity contribution in [2.45, 2.75) is 12.2 Å². The SMILES string of the molecule is CC(S)C(=O)On1c(=O)[nH]c(=O)[nH]c1=O. The molecule has 1 rings (SSSR count). The standard InChI is InChI=1S/C6H7N3O5S/c1-2(15)3(10)14-9-5(12)7-4(11)8-6(9)13/h2,15H,1H3,(H2,7,8,11,12,13). The summed E-state index contributed by atoms with van der Waals surface area (Å²) in [6.45, 7) is 1.40. The lowest BCUT2D eigenvalue weighted by atomic mass is 10.5. The van der Waals surface area contributed by atoms with Crippen LogP contribution in [0.2, 0.25) is 0 Å². The van der Waals surface area contributed by atoms with Crippen molar-refractivity contribution in [2.75, 3.05) is 0 Å². The van der Waals surface area contributed by atoms with E-state index < -0.39 is 28.3 Å². The average molecular weight is 233 g/mol. The third-order valence-corrected chi connectivity index (χ3v) is 1.54. The maximum Gasteiger partial charge on any atom is 0.367 e. The van der Waals surface area contributed by atoms with Gasteiger partial charge in [0.2, 0.25) is 0 Å². The highest BCUT2D eigenvalue weighted by Crippen LogP contribution is 1.91. The Kier molecular flexibility index (Phi) is 3.14. The van der Waals surface area contributed by atoms with Crippen molar-refractivity contribution >= 4 is 18.6 Å². The van der Waals surface area contributed by atoms with E-state index >= 15 is 0 Å². The normalized spacial score (nSPS) is 12.1. The van der Waals surface area contributed by atoms with Gasteiger partial charge in [0.05, 0.1) is 5.25 Å². The van der Waals surface area contributed by atoms with E-state index in [1.807, 2.05) is 0 Å². The van der Waals surface area contributed by atoms with Crippen molar-refractivity contribution in [1.82, 2.24) is 14.7 Å². The molecule has 0 saturated carbocycles. The average Bonchev–Trinajstić information content (AvgIpc) is 2.10. The van der Waals surface area contributed by atoms with E-state index in [-0.39, 0.29) is 4.73 Å². The lowest BCUT2D eigenvalue weighted by molar-refractivity contribution is -0.144. The molecule has 82 valence electrons. The largest absolute Gasteiger partial charge is 0.367 e. The first-order chi connectivity index (χ1) is 6.91. The summed E-state index contributed by atoms with van der Waals surface area (Å²) in [5.74, 6) is -0.891. The molecule has 1 aromatic rings. The first-order valence-electron chi connectivity index (χ1n) is 3.77. The Morgan fingerprint density at radius 2 is 1.80 bits per heavy atom. The fourth-order valence-corrected chi connectivity index (χ4v) is 0.716. The van der Waals surface area contributed by atoms with Gasteiger partial charge in [-0.1, -0.05) is 4.73 Å². The van der Waals surface area contributed by atoms with Crippen molar-refractivity contribution in [3.05, 3.63) is 31.5 Å². The van der Waals surface area contributed by atoms with Crippen molar-refractivity contribution in [3.8, 4) is 0 Å². The Morgan fingerprint density at radius 1 is 1.33 bits per heavy atom. The van der Waals surface area contributed by atoms with Crippen LogP contribution in [-0.2, 0) is 4.79 Å². The molecule has 0 radical (unpaired) electrons. The van der Waals surface area contributed by atoms with Gasteiger partial charge in [0.1, 0.15) is 0 Å². The molecule has 1 unspecified atom stereocenters. The molecule has 0 fully saturated rings. The number of nitrogens with one attached hydrogen (secondary N) is 2. The minimum atomic E-state index is -1.13. The molecular formula is C6H7N3O5S. The van der Waals surface area contributed by atoms with Crippen LogP contribution in [0.4, 0.5) is 0 Å². The highest BCUT2D eigenvalue weighted by Gasteiger charge is 2.14. The van der Waals surface area contributed by atoms with Gasteiger partial charge in [0, 0.05) is 0 Å². The summed E-state index contributed by atoms with van der Waals surface area (Å²) in [5.41, 5.74) is -3.24. The van der Waals surface area contributed by atoms with Crippen LogP contribution in [0.15, 0.2) is 14.4 Å². The highest BCUT2D eigenvalue weighted by molar-refractivity contribution is 7.81. The topological polar surface area (TPSA) is 114 Å². The monoisotopic (exact) mass is 233 g/mol. The summed E-state index contributed by atoms with van der Waals surface area (Å²) in [4.78, 5) is 51.4. The van der Waals surface area contributed by atoms with Crippen LogP contribution in [0.25, 0.3) is 0 Å². The van der Waals surface area contributed by atoms with Gasteiger partial charge < -0.3 is 4.84 Å². The van der Waals surface area contributed by atoms with Crippen LogP contribution >= 0.6 is 12.6 Å². The van der Waals surface area contributed by atoms with Gasteiger partial charge in [0.15, 0.2) is 0 Å². The van der Waals surface area contributed by atoms with E-state index in [0.29, 0.717) is 0 Å². The molecule has 0 saturated heterocycles. The Morgan fingerprint density at radius 3 is 2.20 bits per heavy atom. The molecule has 0 aliphatic rings. The number of hydrogen-bond donors (Lipinski definition) is 3. The first kappa shape index (κ1) is 11.3. The third kappa shape index (κ3) is 2.59. The summed E-state index contributed by atoms with van der Waals surface area (Å²) >= 11 is 3.74. The van der Waals surface area contributed by atoms with Crippen LogP contribution in [0.1, 0.15) is 6.92 Å². The number of aromatic nitrogens is 3. The number of carbonyl (C=O) groups excluding carboxylic acids is 1.